The van der Waals surface area contributed by atoms with Crippen LogP contribution in [-0.4, -0.2) is 38.5 Å². The molecule has 0 radical (unpaired) electrons. The van der Waals surface area contributed by atoms with E-state index in [0.717, 1.165) is 43.9 Å². The second-order valence-corrected chi connectivity index (χ2v) is 7.59. The third-order valence-corrected chi connectivity index (χ3v) is 5.63. The quantitative estimate of drug-likeness (QED) is 0.774. The predicted octanol–water partition coefficient (Wildman–Crippen LogP) is 3.48. The molecule has 4 heteroatoms. The lowest BCUT2D eigenvalue weighted by molar-refractivity contribution is -0.115. The first-order chi connectivity index (χ1) is 11.6. The molecule has 3 rings (SSSR count). The Hall–Kier alpha value is -1.55. The summed E-state index contributed by atoms with van der Waals surface area (Å²) in [6.07, 6.45) is 4.28. The van der Waals surface area contributed by atoms with Gasteiger partial charge in [0, 0.05) is 25.0 Å². The zero-order chi connectivity index (χ0) is 17.3. The molecule has 132 valence electrons. The van der Waals surface area contributed by atoms with Crippen molar-refractivity contribution in [2.75, 3.05) is 27.3 Å². The van der Waals surface area contributed by atoms with Crippen molar-refractivity contribution in [2.24, 2.45) is 17.8 Å². The molecule has 4 nitrogen and oxygen atoms in total. The lowest BCUT2D eigenvalue weighted by atomic mass is 9.75. The smallest absolute Gasteiger partial charge is 0.161 e. The monoisotopic (exact) mass is 331 g/mol. The topological polar surface area (TPSA) is 38.8 Å². The van der Waals surface area contributed by atoms with Crippen LogP contribution in [0.4, 0.5) is 0 Å². The van der Waals surface area contributed by atoms with Gasteiger partial charge < -0.3 is 14.3 Å². The number of fused-ring (bicyclic) bond motifs is 3. The number of hydrogen-bond acceptors (Lipinski definition) is 4. The van der Waals surface area contributed by atoms with Gasteiger partial charge in [0.05, 0.1) is 14.2 Å². The van der Waals surface area contributed by atoms with E-state index >= 15 is 0 Å². The van der Waals surface area contributed by atoms with E-state index in [1.807, 2.05) is 0 Å². The molecule has 0 saturated carbocycles. The second-order valence-electron chi connectivity index (χ2n) is 7.59. The molecule has 0 bridgehead atoms. The van der Waals surface area contributed by atoms with Crippen molar-refractivity contribution in [1.29, 1.82) is 0 Å². The highest BCUT2D eigenvalue weighted by Crippen LogP contribution is 2.45. The van der Waals surface area contributed by atoms with Gasteiger partial charge in [-0.1, -0.05) is 13.8 Å². The number of ether oxygens (including phenoxy) is 2. The van der Waals surface area contributed by atoms with Gasteiger partial charge in [0.25, 0.3) is 0 Å². The minimum Gasteiger partial charge on any atom is -0.493 e. The van der Waals surface area contributed by atoms with Crippen molar-refractivity contribution < 1.29 is 14.3 Å². The van der Waals surface area contributed by atoms with E-state index in [1.54, 1.807) is 14.2 Å². The summed E-state index contributed by atoms with van der Waals surface area (Å²) in [5, 5.41) is 0. The fraction of sp³-hybridized carbons (Fsp3) is 0.650. The van der Waals surface area contributed by atoms with E-state index in [2.05, 4.69) is 30.9 Å². The maximum absolute atomic E-state index is 11.7. The fourth-order valence-electron chi connectivity index (χ4n) is 4.48. The van der Waals surface area contributed by atoms with Crippen molar-refractivity contribution in [3.63, 3.8) is 0 Å². The van der Waals surface area contributed by atoms with E-state index in [4.69, 9.17) is 9.47 Å². The normalized spacial score (nSPS) is 26.6. The third kappa shape index (κ3) is 3.16. The number of nitrogens with zero attached hydrogens (tertiary/aromatic N) is 1. The first kappa shape index (κ1) is 17.3. The molecular weight excluding hydrogens is 302 g/mol. The molecule has 1 saturated heterocycles. The molecule has 1 aromatic rings. The summed E-state index contributed by atoms with van der Waals surface area (Å²) in [5.41, 5.74) is 2.65. The number of carbonyl (C=O) groups is 1. The van der Waals surface area contributed by atoms with E-state index < -0.39 is 0 Å². The van der Waals surface area contributed by atoms with Crippen molar-refractivity contribution in [3.05, 3.63) is 23.3 Å². The van der Waals surface area contributed by atoms with E-state index in [0.29, 0.717) is 17.9 Å². The van der Waals surface area contributed by atoms with Crippen LogP contribution in [0.1, 0.15) is 43.9 Å². The van der Waals surface area contributed by atoms with Gasteiger partial charge >= 0.3 is 0 Å². The number of benzene rings is 1. The average molecular weight is 331 g/mol. The van der Waals surface area contributed by atoms with Crippen LogP contribution in [-0.2, 0) is 11.2 Å². The Labute approximate surface area is 145 Å². The van der Waals surface area contributed by atoms with Gasteiger partial charge in [-0.25, -0.2) is 0 Å². The van der Waals surface area contributed by atoms with Crippen LogP contribution >= 0.6 is 0 Å². The number of methoxy groups -OCH3 is 2. The fourth-order valence-corrected chi connectivity index (χ4v) is 4.48. The molecule has 1 aromatic carbocycles. The van der Waals surface area contributed by atoms with Crippen LogP contribution in [0.25, 0.3) is 0 Å². The molecule has 0 N–H and O–H groups in total. The van der Waals surface area contributed by atoms with Crippen molar-refractivity contribution >= 4 is 6.29 Å². The summed E-state index contributed by atoms with van der Waals surface area (Å²) in [5.74, 6) is 2.86. The lowest BCUT2D eigenvalue weighted by Crippen LogP contribution is -2.46. The summed E-state index contributed by atoms with van der Waals surface area (Å²) < 4.78 is 10.9. The minimum absolute atomic E-state index is 0.160. The molecule has 3 atom stereocenters. The standard InChI is InChI=1S/C20H29NO3/c1-13(2)7-15-11-21-6-5-14-9-19(23-3)20(24-4)10-17(14)18(21)8-16(15)12-22/h9-10,12-13,15-16,18H,5-8,11H2,1-4H3. The Bertz CT molecular complexity index is 599. The summed E-state index contributed by atoms with van der Waals surface area (Å²) in [7, 11) is 3.36. The Morgan fingerprint density at radius 2 is 1.96 bits per heavy atom. The van der Waals surface area contributed by atoms with E-state index in [-0.39, 0.29) is 5.92 Å². The molecule has 2 aliphatic rings. The minimum atomic E-state index is 0.160. The number of rotatable bonds is 5. The first-order valence-electron chi connectivity index (χ1n) is 9.01. The van der Waals surface area contributed by atoms with Gasteiger partial charge in [-0.2, -0.15) is 0 Å². The van der Waals surface area contributed by atoms with Gasteiger partial charge in [-0.05, 0) is 54.4 Å². The van der Waals surface area contributed by atoms with Crippen molar-refractivity contribution in [2.45, 2.75) is 39.2 Å². The summed E-state index contributed by atoms with van der Waals surface area (Å²) >= 11 is 0. The maximum Gasteiger partial charge on any atom is 0.161 e. The van der Waals surface area contributed by atoms with Crippen LogP contribution in [0, 0.1) is 17.8 Å². The highest BCUT2D eigenvalue weighted by atomic mass is 16.5. The van der Waals surface area contributed by atoms with E-state index in [9.17, 15) is 4.79 Å². The third-order valence-electron chi connectivity index (χ3n) is 5.63. The molecule has 1 fully saturated rings. The Morgan fingerprint density at radius 1 is 1.25 bits per heavy atom. The van der Waals surface area contributed by atoms with Crippen LogP contribution in [0.2, 0.25) is 0 Å². The first-order valence-corrected chi connectivity index (χ1v) is 9.01. The molecule has 0 spiro atoms. The van der Waals surface area contributed by atoms with E-state index in [1.165, 1.54) is 17.4 Å². The number of piperidine rings is 1. The largest absolute Gasteiger partial charge is 0.493 e. The van der Waals surface area contributed by atoms with Gasteiger partial charge in [-0.15, -0.1) is 0 Å². The number of hydrogen-bond donors (Lipinski definition) is 0. The Kier molecular flexibility index (Phi) is 5.14. The molecule has 2 heterocycles. The highest BCUT2D eigenvalue weighted by Gasteiger charge is 2.39. The Morgan fingerprint density at radius 3 is 2.58 bits per heavy atom. The summed E-state index contributed by atoms with van der Waals surface area (Å²) in [6.45, 7) is 6.58. The molecule has 0 aliphatic carbocycles. The number of aldehydes is 1. The molecule has 0 aromatic heterocycles. The van der Waals surface area contributed by atoms with Crippen molar-refractivity contribution in [3.8, 4) is 11.5 Å². The summed E-state index contributed by atoms with van der Waals surface area (Å²) in [6, 6.07) is 4.56. The predicted molar refractivity (Wildman–Crippen MR) is 94.7 cm³/mol. The van der Waals surface area contributed by atoms with Crippen molar-refractivity contribution in [1.82, 2.24) is 4.90 Å². The molecule has 2 aliphatic heterocycles. The molecule has 24 heavy (non-hydrogen) atoms. The lowest BCUT2D eigenvalue weighted by Gasteiger charge is -2.46. The molecule has 3 unspecified atom stereocenters. The van der Waals surface area contributed by atoms with Crippen LogP contribution in [0.3, 0.4) is 0 Å². The maximum atomic E-state index is 11.7. The second kappa shape index (κ2) is 7.14. The van der Waals surface area contributed by atoms with Crippen LogP contribution < -0.4 is 9.47 Å². The number of carbonyl (C=O) groups excluding carboxylic acids is 1. The van der Waals surface area contributed by atoms with Gasteiger partial charge in [0.1, 0.15) is 6.29 Å². The molecule has 0 amide bonds. The summed E-state index contributed by atoms with van der Waals surface area (Å²) in [4.78, 5) is 14.3. The molecular formula is C20H29NO3. The van der Waals surface area contributed by atoms with Gasteiger partial charge in [0.2, 0.25) is 0 Å². The van der Waals surface area contributed by atoms with Gasteiger partial charge in [0.15, 0.2) is 11.5 Å². The highest BCUT2D eigenvalue weighted by molar-refractivity contribution is 5.56. The zero-order valence-corrected chi connectivity index (χ0v) is 15.2. The van der Waals surface area contributed by atoms with Crippen LogP contribution in [0.5, 0.6) is 11.5 Å². The van der Waals surface area contributed by atoms with Crippen LogP contribution in [0.15, 0.2) is 12.1 Å². The zero-order valence-electron chi connectivity index (χ0n) is 15.2. The Balaban J connectivity index is 1.90. The SMILES string of the molecule is COc1cc2c(cc1OC)C1CC(C=O)C(CC(C)C)CN1CC2. The van der Waals surface area contributed by atoms with Gasteiger partial charge in [-0.3, -0.25) is 4.90 Å². The average Bonchev–Trinajstić information content (AvgIpc) is 2.59.